The standard InChI is InChI=1S/C17H22N2O5/c1-17(2,3)24-16(23)19-9-13(21)8-14(19)15(22)18-12-6-4-11(10-20)5-7-12/h4-7,10,13-14,21H,8-9H2,1-3H3,(H,18,22). The largest absolute Gasteiger partial charge is 0.444 e. The van der Waals surface area contributed by atoms with Gasteiger partial charge in [-0.1, -0.05) is 0 Å². The number of aliphatic hydroxyl groups is 1. The molecule has 1 aliphatic heterocycles. The predicted octanol–water partition coefficient (Wildman–Crippen LogP) is 1.81. The first-order valence-corrected chi connectivity index (χ1v) is 7.73. The van der Waals surface area contributed by atoms with Gasteiger partial charge in [0.25, 0.3) is 0 Å². The number of ether oxygens (including phenoxy) is 1. The zero-order valence-corrected chi connectivity index (χ0v) is 14.0. The van der Waals surface area contributed by atoms with Crippen LogP contribution in [0.15, 0.2) is 24.3 Å². The van der Waals surface area contributed by atoms with Gasteiger partial charge in [-0.15, -0.1) is 0 Å². The van der Waals surface area contributed by atoms with Crippen LogP contribution in [0.4, 0.5) is 10.5 Å². The summed E-state index contributed by atoms with van der Waals surface area (Å²) in [5, 5.41) is 12.5. The van der Waals surface area contributed by atoms with Crippen molar-refractivity contribution in [3.05, 3.63) is 29.8 Å². The highest BCUT2D eigenvalue weighted by atomic mass is 16.6. The number of nitrogens with one attached hydrogen (secondary N) is 1. The van der Waals surface area contributed by atoms with Gasteiger partial charge in [0, 0.05) is 17.7 Å². The Kier molecular flexibility index (Phi) is 5.23. The van der Waals surface area contributed by atoms with E-state index in [9.17, 15) is 19.5 Å². The number of benzene rings is 1. The fourth-order valence-electron chi connectivity index (χ4n) is 2.46. The molecule has 7 nitrogen and oxygen atoms in total. The fraction of sp³-hybridized carbons (Fsp3) is 0.471. The molecule has 2 rings (SSSR count). The number of aldehydes is 1. The minimum absolute atomic E-state index is 0.0527. The van der Waals surface area contributed by atoms with Crippen molar-refractivity contribution >= 4 is 24.0 Å². The number of nitrogens with zero attached hydrogens (tertiary/aromatic N) is 1. The third-order valence-electron chi connectivity index (χ3n) is 3.52. The van der Waals surface area contributed by atoms with E-state index in [1.54, 1.807) is 45.0 Å². The van der Waals surface area contributed by atoms with Gasteiger partial charge in [0.2, 0.25) is 5.91 Å². The molecule has 7 heteroatoms. The van der Waals surface area contributed by atoms with Crippen molar-refractivity contribution in [1.82, 2.24) is 4.90 Å². The Morgan fingerprint density at radius 3 is 2.46 bits per heavy atom. The van der Waals surface area contributed by atoms with Crippen molar-refractivity contribution in [3.63, 3.8) is 0 Å². The molecule has 0 radical (unpaired) electrons. The summed E-state index contributed by atoms with van der Waals surface area (Å²) < 4.78 is 5.29. The van der Waals surface area contributed by atoms with Crippen LogP contribution in [0, 0.1) is 0 Å². The van der Waals surface area contributed by atoms with Gasteiger partial charge in [-0.2, -0.15) is 0 Å². The molecule has 2 atom stereocenters. The summed E-state index contributed by atoms with van der Waals surface area (Å²) in [4.78, 5) is 36.6. The second-order valence-corrected chi connectivity index (χ2v) is 6.77. The van der Waals surface area contributed by atoms with Crippen LogP contribution in [-0.4, -0.2) is 52.6 Å². The van der Waals surface area contributed by atoms with E-state index >= 15 is 0 Å². The Bertz CT molecular complexity index is 621. The molecular weight excluding hydrogens is 312 g/mol. The first-order valence-electron chi connectivity index (χ1n) is 7.73. The van der Waals surface area contributed by atoms with Gasteiger partial charge in [-0.3, -0.25) is 14.5 Å². The lowest BCUT2D eigenvalue weighted by atomic mass is 10.1. The van der Waals surface area contributed by atoms with Crippen LogP contribution in [0.5, 0.6) is 0 Å². The number of likely N-dealkylation sites (tertiary alicyclic amines) is 1. The van der Waals surface area contributed by atoms with Gasteiger partial charge in [0.1, 0.15) is 17.9 Å². The second kappa shape index (κ2) is 7.00. The van der Waals surface area contributed by atoms with E-state index in [2.05, 4.69) is 5.32 Å². The van der Waals surface area contributed by atoms with Gasteiger partial charge in [-0.25, -0.2) is 4.79 Å². The molecule has 0 saturated carbocycles. The highest BCUT2D eigenvalue weighted by molar-refractivity contribution is 5.97. The Morgan fingerprint density at radius 1 is 1.29 bits per heavy atom. The van der Waals surface area contributed by atoms with Crippen LogP contribution in [0.2, 0.25) is 0 Å². The molecule has 2 N–H and O–H groups in total. The van der Waals surface area contributed by atoms with Crippen LogP contribution in [0.3, 0.4) is 0 Å². The van der Waals surface area contributed by atoms with E-state index in [1.807, 2.05) is 0 Å². The molecule has 2 amide bonds. The summed E-state index contributed by atoms with van der Waals surface area (Å²) >= 11 is 0. The highest BCUT2D eigenvalue weighted by Crippen LogP contribution is 2.22. The third kappa shape index (κ3) is 4.55. The molecule has 0 spiro atoms. The molecule has 0 aliphatic carbocycles. The minimum Gasteiger partial charge on any atom is -0.444 e. The summed E-state index contributed by atoms with van der Waals surface area (Å²) in [6.45, 7) is 5.26. The van der Waals surface area contributed by atoms with Crippen molar-refractivity contribution in [1.29, 1.82) is 0 Å². The molecule has 1 aromatic rings. The van der Waals surface area contributed by atoms with Crippen molar-refractivity contribution in [2.45, 2.75) is 44.9 Å². The van der Waals surface area contributed by atoms with Gasteiger partial charge < -0.3 is 15.2 Å². The zero-order chi connectivity index (χ0) is 17.9. The Hall–Kier alpha value is -2.41. The summed E-state index contributed by atoms with van der Waals surface area (Å²) in [7, 11) is 0. The Labute approximate surface area is 140 Å². The maximum atomic E-state index is 12.5. The maximum Gasteiger partial charge on any atom is 0.411 e. The number of rotatable bonds is 3. The van der Waals surface area contributed by atoms with Crippen LogP contribution in [0.1, 0.15) is 37.6 Å². The number of β-amino-alcohol motifs (C(OH)–C–C–N with tert-alkyl or cyclic N) is 1. The molecule has 130 valence electrons. The zero-order valence-electron chi connectivity index (χ0n) is 14.0. The average Bonchev–Trinajstić information content (AvgIpc) is 2.88. The molecular formula is C17H22N2O5. The normalized spacial score (nSPS) is 20.6. The van der Waals surface area contributed by atoms with E-state index in [0.29, 0.717) is 17.5 Å². The monoisotopic (exact) mass is 334 g/mol. The topological polar surface area (TPSA) is 95.9 Å². The molecule has 2 unspecified atom stereocenters. The molecule has 1 saturated heterocycles. The van der Waals surface area contributed by atoms with E-state index < -0.39 is 29.7 Å². The van der Waals surface area contributed by atoms with E-state index in [0.717, 1.165) is 0 Å². The van der Waals surface area contributed by atoms with Gasteiger partial charge in [0.15, 0.2) is 0 Å². The number of carbonyl (C=O) groups is 3. The van der Waals surface area contributed by atoms with Crippen molar-refractivity contribution < 1.29 is 24.2 Å². The molecule has 1 aromatic carbocycles. The van der Waals surface area contributed by atoms with Crippen LogP contribution in [-0.2, 0) is 9.53 Å². The number of hydrogen-bond donors (Lipinski definition) is 2. The van der Waals surface area contributed by atoms with Gasteiger partial charge >= 0.3 is 6.09 Å². The van der Waals surface area contributed by atoms with Gasteiger partial charge in [-0.05, 0) is 45.0 Å². The van der Waals surface area contributed by atoms with Crippen molar-refractivity contribution in [2.24, 2.45) is 0 Å². The SMILES string of the molecule is CC(C)(C)OC(=O)N1CC(O)CC1C(=O)Nc1ccc(C=O)cc1. The Balaban J connectivity index is 2.07. The van der Waals surface area contributed by atoms with Crippen molar-refractivity contribution in [3.8, 4) is 0 Å². The molecule has 0 aromatic heterocycles. The van der Waals surface area contributed by atoms with Crippen LogP contribution in [0.25, 0.3) is 0 Å². The number of anilines is 1. The van der Waals surface area contributed by atoms with E-state index in [1.165, 1.54) is 4.90 Å². The minimum atomic E-state index is -0.805. The Morgan fingerprint density at radius 2 is 1.92 bits per heavy atom. The lowest BCUT2D eigenvalue weighted by Gasteiger charge is -2.27. The van der Waals surface area contributed by atoms with Gasteiger partial charge in [0.05, 0.1) is 12.6 Å². The fourth-order valence-corrected chi connectivity index (χ4v) is 2.46. The second-order valence-electron chi connectivity index (χ2n) is 6.77. The van der Waals surface area contributed by atoms with Crippen LogP contribution >= 0.6 is 0 Å². The average molecular weight is 334 g/mol. The molecule has 1 heterocycles. The molecule has 0 bridgehead atoms. The summed E-state index contributed by atoms with van der Waals surface area (Å²) in [6, 6.07) is 5.56. The predicted molar refractivity (Wildman–Crippen MR) is 87.8 cm³/mol. The quantitative estimate of drug-likeness (QED) is 0.822. The summed E-state index contributed by atoms with van der Waals surface area (Å²) in [6.07, 6.45) is -0.540. The number of aliphatic hydroxyl groups excluding tert-OH is 1. The van der Waals surface area contributed by atoms with Crippen molar-refractivity contribution in [2.75, 3.05) is 11.9 Å². The number of carbonyl (C=O) groups excluding carboxylic acids is 3. The highest BCUT2D eigenvalue weighted by Gasteiger charge is 2.40. The van der Waals surface area contributed by atoms with Crippen LogP contribution < -0.4 is 5.32 Å². The molecule has 1 aliphatic rings. The third-order valence-corrected chi connectivity index (χ3v) is 3.52. The van der Waals surface area contributed by atoms with E-state index in [4.69, 9.17) is 4.74 Å². The molecule has 1 fully saturated rings. The lowest BCUT2D eigenvalue weighted by Crippen LogP contribution is -2.45. The maximum absolute atomic E-state index is 12.5. The summed E-state index contributed by atoms with van der Waals surface area (Å²) in [5.41, 5.74) is 0.326. The lowest BCUT2D eigenvalue weighted by molar-refractivity contribution is -0.120. The van der Waals surface area contributed by atoms with E-state index in [-0.39, 0.29) is 13.0 Å². The first-order chi connectivity index (χ1) is 11.2. The first kappa shape index (κ1) is 17.9. The molecule has 24 heavy (non-hydrogen) atoms. The number of hydrogen-bond acceptors (Lipinski definition) is 5. The smallest absolute Gasteiger partial charge is 0.411 e. The number of amides is 2. The summed E-state index contributed by atoms with van der Waals surface area (Å²) in [5.74, 6) is -0.406.